The van der Waals surface area contributed by atoms with Crippen molar-refractivity contribution >= 4 is 45.3 Å². The van der Waals surface area contributed by atoms with Crippen LogP contribution in [-0.2, 0) is 19.1 Å². The molecular formula is C19H19N3O6S. The van der Waals surface area contributed by atoms with Gasteiger partial charge in [0.05, 0.1) is 40.5 Å². The van der Waals surface area contributed by atoms with E-state index in [2.05, 4.69) is 4.98 Å². The Morgan fingerprint density at radius 2 is 2.00 bits per heavy atom. The van der Waals surface area contributed by atoms with Crippen LogP contribution in [0.25, 0.3) is 16.3 Å². The number of nitrogens with zero attached hydrogens (tertiary/aromatic N) is 3. The molecule has 0 aliphatic carbocycles. The van der Waals surface area contributed by atoms with E-state index in [1.54, 1.807) is 6.07 Å². The lowest BCUT2D eigenvalue weighted by molar-refractivity contribution is -0.384. The molecule has 0 spiro atoms. The highest BCUT2D eigenvalue weighted by atomic mass is 32.1. The highest BCUT2D eigenvalue weighted by Crippen LogP contribution is 2.32. The summed E-state index contributed by atoms with van der Waals surface area (Å²) in [5.41, 5.74) is 1.39. The maximum absolute atomic E-state index is 12.5. The number of hydrogen-bond acceptors (Lipinski definition) is 9. The van der Waals surface area contributed by atoms with Gasteiger partial charge in [0.25, 0.3) is 5.69 Å². The molecule has 0 amide bonds. The smallest absolute Gasteiger partial charge is 0.340 e. The number of esters is 2. The summed E-state index contributed by atoms with van der Waals surface area (Å²) in [6, 6.07) is 4.34. The number of fused-ring (bicyclic) bond motifs is 1. The number of nitro benzene ring substituents is 1. The van der Waals surface area contributed by atoms with Crippen molar-refractivity contribution in [2.75, 3.05) is 27.8 Å². The molecule has 1 aliphatic rings. The fraction of sp³-hybridized carbons (Fsp3) is 0.316. The van der Waals surface area contributed by atoms with E-state index in [0.717, 1.165) is 13.0 Å². The molecule has 0 radical (unpaired) electrons. The van der Waals surface area contributed by atoms with Crippen LogP contribution in [-0.4, -0.2) is 54.6 Å². The van der Waals surface area contributed by atoms with Crippen molar-refractivity contribution < 1.29 is 24.0 Å². The maximum atomic E-state index is 12.5. The molecule has 2 aromatic rings. The van der Waals surface area contributed by atoms with E-state index >= 15 is 0 Å². The van der Waals surface area contributed by atoms with Crippen LogP contribution in [0.15, 0.2) is 35.0 Å². The normalized spacial score (nSPS) is 16.1. The molecule has 1 fully saturated rings. The zero-order chi connectivity index (χ0) is 21.1. The predicted octanol–water partition coefficient (Wildman–Crippen LogP) is 2.91. The predicted molar refractivity (Wildman–Crippen MR) is 107 cm³/mol. The van der Waals surface area contributed by atoms with Gasteiger partial charge in [-0.2, -0.15) is 0 Å². The van der Waals surface area contributed by atoms with Crippen molar-refractivity contribution in [3.8, 4) is 0 Å². The first-order valence-electron chi connectivity index (χ1n) is 8.73. The number of methoxy groups -OCH3 is 2. The lowest BCUT2D eigenvalue weighted by Gasteiger charge is -2.18. The summed E-state index contributed by atoms with van der Waals surface area (Å²) < 4.78 is 10.4. The SMILES string of the molecule is COC(=O)C(=C\c1nc2ccc([N+](=O)[O-])cc2s1)/C(C(=O)OC)=C1\CCCN1C. The number of rotatable bonds is 5. The van der Waals surface area contributed by atoms with Crippen LogP contribution in [0.3, 0.4) is 0 Å². The van der Waals surface area contributed by atoms with Gasteiger partial charge >= 0.3 is 11.9 Å². The van der Waals surface area contributed by atoms with Crippen molar-refractivity contribution in [3.05, 3.63) is 50.2 Å². The van der Waals surface area contributed by atoms with E-state index in [1.165, 1.54) is 43.8 Å². The molecule has 1 saturated heterocycles. The standard InChI is InChI=1S/C19H19N3O6S/c1-21-8-4-5-14(21)17(19(24)28-3)12(18(23)27-2)10-16-20-13-7-6-11(22(25)26)9-15(13)29-16/h6-7,9-10H,4-5,8H2,1-3H3/b12-10-,17-14-. The number of likely N-dealkylation sites (tertiary alicyclic amines) is 1. The second-order valence-electron chi connectivity index (χ2n) is 6.35. The Morgan fingerprint density at radius 3 is 2.59 bits per heavy atom. The molecule has 10 heteroatoms. The summed E-state index contributed by atoms with van der Waals surface area (Å²) in [7, 11) is 4.33. The molecule has 2 heterocycles. The van der Waals surface area contributed by atoms with Crippen molar-refractivity contribution in [3.63, 3.8) is 0 Å². The number of carbonyl (C=O) groups is 2. The lowest BCUT2D eigenvalue weighted by Crippen LogP contribution is -2.21. The number of ether oxygens (including phenoxy) is 2. The number of hydrogen-bond donors (Lipinski definition) is 0. The van der Waals surface area contributed by atoms with Gasteiger partial charge < -0.3 is 14.4 Å². The molecule has 1 aromatic carbocycles. The molecule has 0 unspecified atom stereocenters. The number of allylic oxidation sites excluding steroid dienone is 1. The van der Waals surface area contributed by atoms with Gasteiger partial charge in [0.2, 0.25) is 0 Å². The summed E-state index contributed by atoms with van der Waals surface area (Å²) in [6.07, 6.45) is 2.95. The van der Waals surface area contributed by atoms with Gasteiger partial charge in [-0.15, -0.1) is 11.3 Å². The van der Waals surface area contributed by atoms with Gasteiger partial charge in [0, 0.05) is 31.4 Å². The van der Waals surface area contributed by atoms with E-state index in [1.807, 2.05) is 11.9 Å². The molecule has 0 N–H and O–H groups in total. The van der Waals surface area contributed by atoms with Gasteiger partial charge in [-0.05, 0) is 25.0 Å². The molecule has 0 saturated carbocycles. The van der Waals surface area contributed by atoms with E-state index in [0.29, 0.717) is 27.3 Å². The van der Waals surface area contributed by atoms with Crippen molar-refractivity contribution in [1.82, 2.24) is 9.88 Å². The number of benzene rings is 1. The molecule has 152 valence electrons. The van der Waals surface area contributed by atoms with Gasteiger partial charge in [-0.3, -0.25) is 10.1 Å². The van der Waals surface area contributed by atoms with E-state index < -0.39 is 16.9 Å². The number of aromatic nitrogens is 1. The highest BCUT2D eigenvalue weighted by molar-refractivity contribution is 7.19. The first-order chi connectivity index (χ1) is 13.8. The van der Waals surface area contributed by atoms with Crippen molar-refractivity contribution in [2.24, 2.45) is 0 Å². The quantitative estimate of drug-likeness (QED) is 0.316. The van der Waals surface area contributed by atoms with Crippen LogP contribution in [0, 0.1) is 10.1 Å². The second-order valence-corrected chi connectivity index (χ2v) is 7.41. The Kier molecular flexibility index (Phi) is 5.92. The summed E-state index contributed by atoms with van der Waals surface area (Å²) in [6.45, 7) is 0.759. The summed E-state index contributed by atoms with van der Waals surface area (Å²) in [5, 5.41) is 11.4. The third kappa shape index (κ3) is 4.11. The van der Waals surface area contributed by atoms with Crippen molar-refractivity contribution in [2.45, 2.75) is 12.8 Å². The first kappa shape index (κ1) is 20.5. The molecular weight excluding hydrogens is 398 g/mol. The van der Waals surface area contributed by atoms with Gasteiger partial charge in [-0.1, -0.05) is 0 Å². The third-order valence-electron chi connectivity index (χ3n) is 4.59. The van der Waals surface area contributed by atoms with Crippen LogP contribution >= 0.6 is 11.3 Å². The van der Waals surface area contributed by atoms with Crippen molar-refractivity contribution in [1.29, 1.82) is 0 Å². The maximum Gasteiger partial charge on any atom is 0.340 e. The van der Waals surface area contributed by atoms with Crippen LogP contribution < -0.4 is 0 Å². The van der Waals surface area contributed by atoms with Gasteiger partial charge in [0.1, 0.15) is 5.01 Å². The van der Waals surface area contributed by atoms with Crippen LogP contribution in [0.2, 0.25) is 0 Å². The highest BCUT2D eigenvalue weighted by Gasteiger charge is 2.30. The lowest BCUT2D eigenvalue weighted by atomic mass is 10.0. The molecule has 0 atom stereocenters. The average molecular weight is 417 g/mol. The number of non-ortho nitro benzene ring substituents is 1. The fourth-order valence-electron chi connectivity index (χ4n) is 3.18. The Balaban J connectivity index is 2.16. The Bertz CT molecular complexity index is 1060. The fourth-order valence-corrected chi connectivity index (χ4v) is 4.13. The summed E-state index contributed by atoms with van der Waals surface area (Å²) in [5.74, 6) is -1.33. The summed E-state index contributed by atoms with van der Waals surface area (Å²) >= 11 is 1.18. The third-order valence-corrected chi connectivity index (χ3v) is 5.55. The molecule has 3 rings (SSSR count). The molecule has 0 bridgehead atoms. The van der Waals surface area contributed by atoms with Gasteiger partial charge in [0.15, 0.2) is 0 Å². The van der Waals surface area contributed by atoms with Crippen LogP contribution in [0.1, 0.15) is 17.8 Å². The number of thiazole rings is 1. The zero-order valence-electron chi connectivity index (χ0n) is 16.1. The average Bonchev–Trinajstić information content (AvgIpc) is 3.31. The zero-order valence-corrected chi connectivity index (χ0v) is 16.9. The molecule has 1 aliphatic heterocycles. The molecule has 1 aromatic heterocycles. The van der Waals surface area contributed by atoms with E-state index in [-0.39, 0.29) is 16.8 Å². The minimum absolute atomic E-state index is 0.0386. The monoisotopic (exact) mass is 417 g/mol. The van der Waals surface area contributed by atoms with E-state index in [4.69, 9.17) is 9.47 Å². The summed E-state index contributed by atoms with van der Waals surface area (Å²) in [4.78, 5) is 41.9. The Morgan fingerprint density at radius 1 is 1.28 bits per heavy atom. The minimum Gasteiger partial charge on any atom is -0.465 e. The Labute approximate surface area is 170 Å². The van der Waals surface area contributed by atoms with Gasteiger partial charge in [-0.25, -0.2) is 14.6 Å². The van der Waals surface area contributed by atoms with Crippen LogP contribution in [0.5, 0.6) is 0 Å². The molecule has 9 nitrogen and oxygen atoms in total. The van der Waals surface area contributed by atoms with Crippen LogP contribution in [0.4, 0.5) is 5.69 Å². The minimum atomic E-state index is -0.691. The topological polar surface area (TPSA) is 112 Å². The number of carbonyl (C=O) groups excluding carboxylic acids is 2. The second kappa shape index (κ2) is 8.39. The number of nitro groups is 1. The Hall–Kier alpha value is -3.27. The molecule has 29 heavy (non-hydrogen) atoms. The van der Waals surface area contributed by atoms with E-state index in [9.17, 15) is 19.7 Å². The largest absolute Gasteiger partial charge is 0.465 e. The first-order valence-corrected chi connectivity index (χ1v) is 9.55.